The van der Waals surface area contributed by atoms with Crippen LogP contribution in [-0.4, -0.2) is 36.3 Å². The van der Waals surface area contributed by atoms with Gasteiger partial charge in [0, 0.05) is 13.1 Å². The van der Waals surface area contributed by atoms with E-state index in [1.54, 1.807) is 7.11 Å². The average Bonchev–Trinajstić information content (AvgIpc) is 2.28. The first-order chi connectivity index (χ1) is 7.74. The second kappa shape index (κ2) is 4.52. The molecule has 4 heteroatoms. The van der Waals surface area contributed by atoms with Crippen LogP contribution in [0.4, 0.5) is 0 Å². The van der Waals surface area contributed by atoms with Gasteiger partial charge in [0.1, 0.15) is 11.8 Å². The maximum absolute atomic E-state index is 9.23. The van der Waals surface area contributed by atoms with E-state index in [4.69, 9.17) is 10.00 Å². The lowest BCUT2D eigenvalue weighted by atomic mass is 10.0. The van der Waals surface area contributed by atoms with Gasteiger partial charge in [-0.3, -0.25) is 4.90 Å². The first-order valence-electron chi connectivity index (χ1n) is 5.20. The number of ether oxygens (including phenoxy) is 1. The molecule has 0 radical (unpaired) electrons. The minimum atomic E-state index is -0.293. The van der Waals surface area contributed by atoms with Gasteiger partial charge in [0.2, 0.25) is 0 Å². The summed E-state index contributed by atoms with van der Waals surface area (Å²) >= 11 is 0. The van der Waals surface area contributed by atoms with Crippen LogP contribution in [0.2, 0.25) is 0 Å². The molecule has 1 fully saturated rings. The Labute approximate surface area is 94.7 Å². The van der Waals surface area contributed by atoms with Gasteiger partial charge >= 0.3 is 0 Å². The van der Waals surface area contributed by atoms with E-state index in [1.807, 2.05) is 29.2 Å². The standard InChI is InChI=1S/C12H14N2O2/c1-16-11-4-2-3-9(5-11)12(6-13)14-7-10(15)8-14/h2-5,10,12,15H,7-8H2,1H3. The zero-order valence-electron chi connectivity index (χ0n) is 9.13. The van der Waals surface area contributed by atoms with E-state index >= 15 is 0 Å². The third kappa shape index (κ3) is 2.01. The van der Waals surface area contributed by atoms with Gasteiger partial charge in [-0.2, -0.15) is 5.26 Å². The second-order valence-corrected chi connectivity index (χ2v) is 3.92. The van der Waals surface area contributed by atoms with Crippen LogP contribution < -0.4 is 4.74 Å². The second-order valence-electron chi connectivity index (χ2n) is 3.92. The number of methoxy groups -OCH3 is 1. The smallest absolute Gasteiger partial charge is 0.124 e. The lowest BCUT2D eigenvalue weighted by Crippen LogP contribution is -2.51. The summed E-state index contributed by atoms with van der Waals surface area (Å²) in [5, 5.41) is 18.4. The van der Waals surface area contributed by atoms with Crippen molar-refractivity contribution in [3.05, 3.63) is 29.8 Å². The molecule has 0 spiro atoms. The third-order valence-electron chi connectivity index (χ3n) is 2.79. The van der Waals surface area contributed by atoms with Crippen molar-refractivity contribution in [3.63, 3.8) is 0 Å². The quantitative estimate of drug-likeness (QED) is 0.820. The Morgan fingerprint density at radius 2 is 2.31 bits per heavy atom. The molecule has 1 N–H and O–H groups in total. The molecule has 1 aromatic rings. The number of likely N-dealkylation sites (tertiary alicyclic amines) is 1. The monoisotopic (exact) mass is 218 g/mol. The topological polar surface area (TPSA) is 56.5 Å². The summed E-state index contributed by atoms with van der Waals surface area (Å²) in [7, 11) is 1.61. The van der Waals surface area contributed by atoms with Crippen molar-refractivity contribution < 1.29 is 9.84 Å². The number of benzene rings is 1. The van der Waals surface area contributed by atoms with Crippen molar-refractivity contribution in [2.75, 3.05) is 20.2 Å². The van der Waals surface area contributed by atoms with Crippen LogP contribution >= 0.6 is 0 Å². The van der Waals surface area contributed by atoms with Crippen LogP contribution in [0.1, 0.15) is 11.6 Å². The van der Waals surface area contributed by atoms with Gasteiger partial charge in [0.25, 0.3) is 0 Å². The minimum absolute atomic E-state index is 0.290. The highest BCUT2D eigenvalue weighted by molar-refractivity contribution is 5.33. The number of nitrogens with zero attached hydrogens (tertiary/aromatic N) is 2. The maximum Gasteiger partial charge on any atom is 0.124 e. The normalized spacial score (nSPS) is 18.6. The Hall–Kier alpha value is -1.57. The number of hydrogen-bond acceptors (Lipinski definition) is 4. The molecule has 0 saturated carbocycles. The van der Waals surface area contributed by atoms with Crippen LogP contribution in [0.25, 0.3) is 0 Å². The summed E-state index contributed by atoms with van der Waals surface area (Å²) < 4.78 is 5.12. The van der Waals surface area contributed by atoms with Crippen molar-refractivity contribution in [1.82, 2.24) is 4.90 Å². The van der Waals surface area contributed by atoms with Crippen LogP contribution in [0, 0.1) is 11.3 Å². The Morgan fingerprint density at radius 1 is 1.56 bits per heavy atom. The van der Waals surface area contributed by atoms with Gasteiger partial charge in [0.15, 0.2) is 0 Å². The van der Waals surface area contributed by atoms with Gasteiger partial charge in [0.05, 0.1) is 19.3 Å². The van der Waals surface area contributed by atoms with Crippen LogP contribution in [0.5, 0.6) is 5.75 Å². The highest BCUT2D eigenvalue weighted by Crippen LogP contribution is 2.27. The fraction of sp³-hybridized carbons (Fsp3) is 0.417. The summed E-state index contributed by atoms with van der Waals surface area (Å²) in [6.45, 7) is 1.13. The molecule has 0 bridgehead atoms. The molecule has 1 aliphatic rings. The fourth-order valence-corrected chi connectivity index (χ4v) is 1.88. The number of nitriles is 1. The van der Waals surface area contributed by atoms with E-state index in [0.717, 1.165) is 11.3 Å². The zero-order chi connectivity index (χ0) is 11.5. The number of rotatable bonds is 3. The van der Waals surface area contributed by atoms with Crippen LogP contribution in [0.15, 0.2) is 24.3 Å². The molecule has 1 aliphatic heterocycles. The fourth-order valence-electron chi connectivity index (χ4n) is 1.88. The Morgan fingerprint density at radius 3 is 2.88 bits per heavy atom. The number of aliphatic hydroxyl groups excluding tert-OH is 1. The predicted molar refractivity (Wildman–Crippen MR) is 58.9 cm³/mol. The highest BCUT2D eigenvalue weighted by atomic mass is 16.5. The van der Waals surface area contributed by atoms with Crippen LogP contribution in [-0.2, 0) is 0 Å². The van der Waals surface area contributed by atoms with Crippen molar-refractivity contribution in [2.45, 2.75) is 12.1 Å². The summed E-state index contributed by atoms with van der Waals surface area (Å²) in [5.41, 5.74) is 0.911. The summed E-state index contributed by atoms with van der Waals surface area (Å²) in [4.78, 5) is 1.94. The van der Waals surface area contributed by atoms with Gasteiger partial charge in [-0.1, -0.05) is 12.1 Å². The Bertz CT molecular complexity index is 408. The van der Waals surface area contributed by atoms with Gasteiger partial charge < -0.3 is 9.84 Å². The Kier molecular flexibility index (Phi) is 3.09. The zero-order valence-corrected chi connectivity index (χ0v) is 9.13. The number of hydrogen-bond donors (Lipinski definition) is 1. The van der Waals surface area contributed by atoms with E-state index in [9.17, 15) is 5.11 Å². The SMILES string of the molecule is COc1cccc(C(C#N)N2CC(O)C2)c1. The third-order valence-corrected chi connectivity index (χ3v) is 2.79. The Balaban J connectivity index is 2.17. The van der Waals surface area contributed by atoms with Crippen molar-refractivity contribution in [2.24, 2.45) is 0 Å². The number of aliphatic hydroxyl groups is 1. The molecule has 1 aromatic carbocycles. The minimum Gasteiger partial charge on any atom is -0.497 e. The first-order valence-corrected chi connectivity index (χ1v) is 5.20. The van der Waals surface area contributed by atoms with Crippen molar-refractivity contribution >= 4 is 0 Å². The molecule has 0 aromatic heterocycles. The molecule has 0 amide bonds. The van der Waals surface area contributed by atoms with Gasteiger partial charge in [-0.25, -0.2) is 0 Å². The molecule has 1 unspecified atom stereocenters. The predicted octanol–water partition coefficient (Wildman–Crippen LogP) is 0.936. The maximum atomic E-state index is 9.23. The van der Waals surface area contributed by atoms with Crippen LogP contribution in [0.3, 0.4) is 0 Å². The summed E-state index contributed by atoms with van der Waals surface area (Å²) in [6.07, 6.45) is -0.290. The average molecular weight is 218 g/mol. The number of β-amino-alcohol motifs (C(OH)–C–C–N with tert-alkyl or cyclic N) is 1. The van der Waals surface area contributed by atoms with E-state index in [0.29, 0.717) is 13.1 Å². The van der Waals surface area contributed by atoms with Crippen molar-refractivity contribution in [1.29, 1.82) is 5.26 Å². The van der Waals surface area contributed by atoms with E-state index in [-0.39, 0.29) is 12.1 Å². The van der Waals surface area contributed by atoms with Gasteiger partial charge in [-0.15, -0.1) is 0 Å². The molecule has 1 heterocycles. The largest absolute Gasteiger partial charge is 0.497 e. The molecule has 84 valence electrons. The van der Waals surface area contributed by atoms with E-state index < -0.39 is 0 Å². The first kappa shape index (κ1) is 10.9. The van der Waals surface area contributed by atoms with E-state index in [2.05, 4.69) is 6.07 Å². The molecular weight excluding hydrogens is 204 g/mol. The van der Waals surface area contributed by atoms with Gasteiger partial charge in [-0.05, 0) is 17.7 Å². The van der Waals surface area contributed by atoms with E-state index in [1.165, 1.54) is 0 Å². The molecular formula is C12H14N2O2. The summed E-state index contributed by atoms with van der Waals surface area (Å²) in [5.74, 6) is 0.749. The molecule has 0 aliphatic carbocycles. The summed E-state index contributed by atoms with van der Waals surface area (Å²) in [6, 6.07) is 9.44. The molecule has 2 rings (SSSR count). The molecule has 1 atom stereocenters. The lowest BCUT2D eigenvalue weighted by Gasteiger charge is -2.39. The molecule has 4 nitrogen and oxygen atoms in total. The highest BCUT2D eigenvalue weighted by Gasteiger charge is 2.31. The lowest BCUT2D eigenvalue weighted by molar-refractivity contribution is -0.0127. The van der Waals surface area contributed by atoms with Crippen molar-refractivity contribution in [3.8, 4) is 11.8 Å². The molecule has 16 heavy (non-hydrogen) atoms. The molecule has 1 saturated heterocycles.